The molecule has 0 bridgehead atoms. The number of benzene rings is 1. The Hall–Kier alpha value is -3.00. The molecule has 1 atom stereocenters. The van der Waals surface area contributed by atoms with Gasteiger partial charge in [0.25, 0.3) is 5.56 Å². The fourth-order valence-electron chi connectivity index (χ4n) is 2.30. The third-order valence-electron chi connectivity index (χ3n) is 3.54. The maximum absolute atomic E-state index is 12.5. The molecule has 8 nitrogen and oxygen atoms in total. The van der Waals surface area contributed by atoms with Crippen LogP contribution in [0.15, 0.2) is 41.3 Å². The lowest BCUT2D eigenvalue weighted by Crippen LogP contribution is -2.39. The molecule has 1 aromatic carbocycles. The minimum atomic E-state index is -1.07. The van der Waals surface area contributed by atoms with Crippen molar-refractivity contribution in [3.63, 3.8) is 0 Å². The first-order chi connectivity index (χ1) is 12.3. The van der Waals surface area contributed by atoms with E-state index < -0.39 is 29.4 Å². The van der Waals surface area contributed by atoms with Gasteiger partial charge in [0.2, 0.25) is 0 Å². The molecule has 0 aliphatic rings. The lowest BCUT2D eigenvalue weighted by Gasteiger charge is -2.14. The number of halogens is 1. The third-order valence-corrected chi connectivity index (χ3v) is 3.91. The average Bonchev–Trinajstić information content (AvgIpc) is 2.55. The van der Waals surface area contributed by atoms with E-state index in [2.05, 4.69) is 10.6 Å². The maximum atomic E-state index is 12.5. The van der Waals surface area contributed by atoms with Gasteiger partial charge in [-0.05, 0) is 24.6 Å². The normalized spacial score (nSPS) is 11.6. The molecule has 0 spiro atoms. The minimum absolute atomic E-state index is 0.157. The summed E-state index contributed by atoms with van der Waals surface area (Å²) in [4.78, 5) is 35.1. The van der Waals surface area contributed by atoms with Crippen LogP contribution in [0, 0.1) is 0 Å². The molecule has 1 aromatic heterocycles. The Labute approximate surface area is 154 Å². The molecule has 4 N–H and O–H groups in total. The highest BCUT2D eigenvalue weighted by Crippen LogP contribution is 2.19. The number of pyridine rings is 1. The number of carbonyl (C=O) groups is 2. The van der Waals surface area contributed by atoms with Crippen LogP contribution in [-0.4, -0.2) is 32.8 Å². The Morgan fingerprint density at radius 2 is 1.96 bits per heavy atom. The average molecular weight is 380 g/mol. The molecule has 26 heavy (non-hydrogen) atoms. The van der Waals surface area contributed by atoms with Crippen LogP contribution in [0.3, 0.4) is 0 Å². The van der Waals surface area contributed by atoms with Gasteiger partial charge in [-0.25, -0.2) is 4.79 Å². The second kappa shape index (κ2) is 8.39. The molecular formula is C17H18ClN3O5. The molecule has 0 saturated heterocycles. The first kappa shape index (κ1) is 19.3. The fourth-order valence-corrected chi connectivity index (χ4v) is 2.50. The zero-order valence-electron chi connectivity index (χ0n) is 13.9. The van der Waals surface area contributed by atoms with E-state index in [0.29, 0.717) is 10.6 Å². The Kier molecular flexibility index (Phi) is 6.24. The van der Waals surface area contributed by atoms with Crippen molar-refractivity contribution in [1.82, 2.24) is 9.88 Å². The second-order valence-corrected chi connectivity index (χ2v) is 6.11. The number of hydrogen-bond donors (Lipinski definition) is 4. The van der Waals surface area contributed by atoms with Crippen molar-refractivity contribution in [3.8, 4) is 5.75 Å². The van der Waals surface area contributed by atoms with Crippen LogP contribution >= 0.6 is 11.6 Å². The molecule has 9 heteroatoms. The summed E-state index contributed by atoms with van der Waals surface area (Å²) >= 11 is 6.09. The van der Waals surface area contributed by atoms with Crippen molar-refractivity contribution in [1.29, 1.82) is 0 Å². The lowest BCUT2D eigenvalue weighted by molar-refractivity contribution is -0.137. The summed E-state index contributed by atoms with van der Waals surface area (Å²) in [6, 6.07) is 6.83. The van der Waals surface area contributed by atoms with Gasteiger partial charge >= 0.3 is 12.0 Å². The van der Waals surface area contributed by atoms with E-state index >= 15 is 0 Å². The van der Waals surface area contributed by atoms with Gasteiger partial charge < -0.3 is 25.4 Å². The number of hydrogen-bond acceptors (Lipinski definition) is 4. The first-order valence-corrected chi connectivity index (χ1v) is 8.11. The van der Waals surface area contributed by atoms with Crippen molar-refractivity contribution in [2.24, 2.45) is 0 Å². The van der Waals surface area contributed by atoms with Crippen LogP contribution < -0.4 is 16.2 Å². The molecule has 2 aromatic rings. The van der Waals surface area contributed by atoms with Gasteiger partial charge in [0.05, 0.1) is 13.0 Å². The number of carbonyl (C=O) groups excluding carboxylic acids is 1. The zero-order chi connectivity index (χ0) is 19.3. The quantitative estimate of drug-likeness (QED) is 0.613. The zero-order valence-corrected chi connectivity index (χ0v) is 14.7. The molecule has 138 valence electrons. The van der Waals surface area contributed by atoms with E-state index in [1.165, 1.54) is 23.8 Å². The Bertz CT molecular complexity index is 881. The molecule has 0 aliphatic heterocycles. The van der Waals surface area contributed by atoms with Gasteiger partial charge in [-0.15, -0.1) is 0 Å². The fraction of sp³-hybridized carbons (Fsp3) is 0.235. The summed E-state index contributed by atoms with van der Waals surface area (Å²) in [6.07, 6.45) is 1.11. The number of nitrogens with one attached hydrogen (secondary N) is 2. The van der Waals surface area contributed by atoms with E-state index in [0.717, 1.165) is 0 Å². The van der Waals surface area contributed by atoms with Crippen LogP contribution in [0.5, 0.6) is 5.75 Å². The van der Waals surface area contributed by atoms with Gasteiger partial charge in [-0.3, -0.25) is 9.59 Å². The molecule has 2 amide bonds. The second-order valence-electron chi connectivity index (χ2n) is 5.70. The van der Waals surface area contributed by atoms with Crippen molar-refractivity contribution in [2.45, 2.75) is 25.9 Å². The summed E-state index contributed by atoms with van der Waals surface area (Å²) in [5.41, 5.74) is -0.224. The Balaban J connectivity index is 2.19. The summed E-state index contributed by atoms with van der Waals surface area (Å²) < 4.78 is 1.29. The smallest absolute Gasteiger partial charge is 0.319 e. The monoisotopic (exact) mass is 379 g/mol. The van der Waals surface area contributed by atoms with Crippen molar-refractivity contribution in [3.05, 3.63) is 57.5 Å². The van der Waals surface area contributed by atoms with Gasteiger partial charge in [0.15, 0.2) is 5.69 Å². The topological polar surface area (TPSA) is 121 Å². The molecule has 0 aliphatic carbocycles. The SMILES string of the molecule is C[C@H](CC(=O)O)NC(=O)Nc1c(O)ccn(Cc2ccccc2Cl)c1=O. The van der Waals surface area contributed by atoms with E-state index in [4.69, 9.17) is 16.7 Å². The van der Waals surface area contributed by atoms with Crippen LogP contribution in [-0.2, 0) is 11.3 Å². The van der Waals surface area contributed by atoms with Crippen LogP contribution in [0.25, 0.3) is 0 Å². The molecule has 0 radical (unpaired) electrons. The molecule has 0 unspecified atom stereocenters. The van der Waals surface area contributed by atoms with Crippen molar-refractivity contribution in [2.75, 3.05) is 5.32 Å². The molecule has 0 saturated carbocycles. The number of aliphatic carboxylic acids is 1. The molecule has 0 fully saturated rings. The van der Waals surface area contributed by atoms with E-state index in [1.807, 2.05) is 0 Å². The minimum Gasteiger partial charge on any atom is -0.505 e. The van der Waals surface area contributed by atoms with E-state index in [9.17, 15) is 19.5 Å². The summed E-state index contributed by atoms with van der Waals surface area (Å²) in [6.45, 7) is 1.67. The number of urea groups is 1. The van der Waals surface area contributed by atoms with Gasteiger partial charge in [-0.2, -0.15) is 0 Å². The number of aromatic nitrogens is 1. The molecular weight excluding hydrogens is 362 g/mol. The van der Waals surface area contributed by atoms with Crippen LogP contribution in [0.1, 0.15) is 18.9 Å². The van der Waals surface area contributed by atoms with E-state index in [1.54, 1.807) is 24.3 Å². The lowest BCUT2D eigenvalue weighted by atomic mass is 10.2. The number of aromatic hydroxyl groups is 1. The standard InChI is InChI=1S/C17H18ClN3O5/c1-10(8-14(23)24)19-17(26)20-15-13(22)6-7-21(16(15)25)9-11-4-2-3-5-12(11)18/h2-7,10,22H,8-9H2,1H3,(H,23,24)(H2,19,20,26)/t10-/m1/s1. The number of amides is 2. The van der Waals surface area contributed by atoms with Gasteiger partial charge in [0, 0.05) is 17.3 Å². The third kappa shape index (κ3) is 5.00. The number of carboxylic acid groups (broad SMARTS) is 1. The van der Waals surface area contributed by atoms with Gasteiger partial charge in [-0.1, -0.05) is 29.8 Å². The highest BCUT2D eigenvalue weighted by atomic mass is 35.5. The van der Waals surface area contributed by atoms with E-state index in [-0.39, 0.29) is 18.7 Å². The number of carboxylic acids is 1. The Morgan fingerprint density at radius 1 is 1.27 bits per heavy atom. The van der Waals surface area contributed by atoms with Gasteiger partial charge in [0.1, 0.15) is 5.75 Å². The number of anilines is 1. The number of rotatable bonds is 6. The molecule has 1 heterocycles. The number of nitrogens with zero attached hydrogens (tertiary/aromatic N) is 1. The molecule has 2 rings (SSSR count). The maximum Gasteiger partial charge on any atom is 0.319 e. The largest absolute Gasteiger partial charge is 0.505 e. The van der Waals surface area contributed by atoms with Crippen molar-refractivity contribution < 1.29 is 19.8 Å². The highest BCUT2D eigenvalue weighted by molar-refractivity contribution is 6.31. The van der Waals surface area contributed by atoms with Crippen molar-refractivity contribution >= 4 is 29.3 Å². The van der Waals surface area contributed by atoms with Crippen LogP contribution in [0.2, 0.25) is 5.02 Å². The highest BCUT2D eigenvalue weighted by Gasteiger charge is 2.16. The summed E-state index contributed by atoms with van der Waals surface area (Å²) in [5, 5.41) is 23.7. The summed E-state index contributed by atoms with van der Waals surface area (Å²) in [7, 11) is 0. The predicted octanol–water partition coefficient (Wildman–Crippen LogP) is 2.24. The van der Waals surface area contributed by atoms with Crippen LogP contribution in [0.4, 0.5) is 10.5 Å². The predicted molar refractivity (Wildman–Crippen MR) is 96.8 cm³/mol. The Morgan fingerprint density at radius 3 is 2.62 bits per heavy atom. The first-order valence-electron chi connectivity index (χ1n) is 7.73. The summed E-state index contributed by atoms with van der Waals surface area (Å²) in [5.74, 6) is -1.46.